The molecule has 0 saturated carbocycles. The fourth-order valence-corrected chi connectivity index (χ4v) is 1.75. The average Bonchev–Trinajstić information content (AvgIpc) is 2.32. The van der Waals surface area contributed by atoms with E-state index in [-0.39, 0.29) is 0 Å². The Labute approximate surface area is 115 Å². The summed E-state index contributed by atoms with van der Waals surface area (Å²) in [7, 11) is 0. The summed E-state index contributed by atoms with van der Waals surface area (Å²) in [6.45, 7) is 9.63. The molecule has 0 heterocycles. The highest BCUT2D eigenvalue weighted by Crippen LogP contribution is 2.24. The molecule has 106 valence electrons. The van der Waals surface area contributed by atoms with Crippen LogP contribution >= 0.6 is 0 Å². The molecule has 0 aromatic heterocycles. The minimum absolute atomic E-state index is 0.454. The number of primary amides is 1. The van der Waals surface area contributed by atoms with E-state index in [1.165, 1.54) is 0 Å². The van der Waals surface area contributed by atoms with Crippen LogP contribution in [0.3, 0.4) is 0 Å². The van der Waals surface area contributed by atoms with Gasteiger partial charge in [-0.2, -0.15) is 0 Å². The predicted molar refractivity (Wildman–Crippen MR) is 77.0 cm³/mol. The number of hydrogen-bond acceptors (Lipinski definition) is 3. The minimum Gasteiger partial charge on any atom is -0.480 e. The Hall–Kier alpha value is -1.55. The number of benzene rings is 1. The minimum atomic E-state index is -0.620. The van der Waals surface area contributed by atoms with Crippen molar-refractivity contribution in [3.05, 3.63) is 29.3 Å². The smallest absolute Gasteiger partial charge is 0.258 e. The van der Waals surface area contributed by atoms with E-state index in [0.29, 0.717) is 5.92 Å². The van der Waals surface area contributed by atoms with Gasteiger partial charge in [0.05, 0.1) is 0 Å². The average molecular weight is 264 g/mol. The molecule has 0 spiro atoms. The van der Waals surface area contributed by atoms with E-state index in [4.69, 9.17) is 10.5 Å². The molecule has 0 aliphatic carbocycles. The third-order valence-electron chi connectivity index (χ3n) is 2.86. The molecule has 1 amide bonds. The molecular weight excluding hydrogens is 240 g/mol. The number of aryl methyl sites for hydroxylation is 1. The largest absolute Gasteiger partial charge is 0.480 e. The summed E-state index contributed by atoms with van der Waals surface area (Å²) in [6, 6.07) is 5.96. The van der Waals surface area contributed by atoms with E-state index in [2.05, 4.69) is 19.2 Å². The Morgan fingerprint density at radius 3 is 2.63 bits per heavy atom. The number of rotatable bonds is 7. The quantitative estimate of drug-likeness (QED) is 0.791. The lowest BCUT2D eigenvalue weighted by molar-refractivity contribution is -0.124. The number of carbonyl (C=O) groups is 1. The first-order chi connectivity index (χ1) is 8.91. The maximum atomic E-state index is 11.1. The van der Waals surface area contributed by atoms with Crippen molar-refractivity contribution < 1.29 is 9.53 Å². The molecule has 4 nitrogen and oxygen atoms in total. The zero-order valence-electron chi connectivity index (χ0n) is 12.2. The van der Waals surface area contributed by atoms with Gasteiger partial charge in [0, 0.05) is 12.1 Å². The van der Waals surface area contributed by atoms with Crippen LogP contribution < -0.4 is 15.8 Å². The number of carbonyl (C=O) groups excluding carboxylic acids is 1. The van der Waals surface area contributed by atoms with Gasteiger partial charge in [0.2, 0.25) is 0 Å². The Balaban J connectivity index is 2.80. The van der Waals surface area contributed by atoms with Gasteiger partial charge in [-0.3, -0.25) is 4.79 Å². The van der Waals surface area contributed by atoms with E-state index < -0.39 is 12.0 Å². The molecule has 0 radical (unpaired) electrons. The number of nitrogens with two attached hydrogens (primary N) is 1. The Bertz CT molecular complexity index is 430. The molecule has 4 heteroatoms. The molecular formula is C15H24N2O2. The van der Waals surface area contributed by atoms with Crippen molar-refractivity contribution in [1.29, 1.82) is 0 Å². The number of amides is 1. The molecule has 0 bridgehead atoms. The van der Waals surface area contributed by atoms with Crippen molar-refractivity contribution >= 4 is 5.91 Å². The van der Waals surface area contributed by atoms with Gasteiger partial charge in [-0.25, -0.2) is 0 Å². The first kappa shape index (κ1) is 15.5. The summed E-state index contributed by atoms with van der Waals surface area (Å²) in [6.07, 6.45) is -0.620. The lowest BCUT2D eigenvalue weighted by Gasteiger charge is -2.18. The lowest BCUT2D eigenvalue weighted by atomic mass is 10.1. The summed E-state index contributed by atoms with van der Waals surface area (Å²) in [5.74, 6) is 0.896. The lowest BCUT2D eigenvalue weighted by Crippen LogP contribution is -2.31. The van der Waals surface area contributed by atoms with Crippen molar-refractivity contribution in [2.75, 3.05) is 6.54 Å². The normalized spacial score (nSPS) is 12.5. The highest BCUT2D eigenvalue weighted by Gasteiger charge is 2.14. The second-order valence-corrected chi connectivity index (χ2v) is 5.25. The van der Waals surface area contributed by atoms with Gasteiger partial charge in [0.1, 0.15) is 5.75 Å². The van der Waals surface area contributed by atoms with Gasteiger partial charge in [0.15, 0.2) is 6.10 Å². The van der Waals surface area contributed by atoms with Gasteiger partial charge in [-0.05, 0) is 31.9 Å². The Morgan fingerprint density at radius 2 is 2.05 bits per heavy atom. The van der Waals surface area contributed by atoms with Crippen molar-refractivity contribution in [3.8, 4) is 5.75 Å². The van der Waals surface area contributed by atoms with Crippen LogP contribution in [-0.2, 0) is 11.3 Å². The first-order valence-corrected chi connectivity index (χ1v) is 6.67. The number of hydrogen-bond donors (Lipinski definition) is 2. The summed E-state index contributed by atoms with van der Waals surface area (Å²) in [4.78, 5) is 11.1. The molecule has 1 rings (SSSR count). The van der Waals surface area contributed by atoms with Crippen LogP contribution in [-0.4, -0.2) is 18.6 Å². The van der Waals surface area contributed by atoms with E-state index in [0.717, 1.165) is 30.0 Å². The summed E-state index contributed by atoms with van der Waals surface area (Å²) < 4.78 is 5.68. The van der Waals surface area contributed by atoms with Gasteiger partial charge in [-0.1, -0.05) is 32.0 Å². The number of ether oxygens (including phenoxy) is 1. The fourth-order valence-electron chi connectivity index (χ4n) is 1.75. The molecule has 1 aromatic carbocycles. The van der Waals surface area contributed by atoms with Crippen LogP contribution in [0.5, 0.6) is 5.75 Å². The maximum absolute atomic E-state index is 11.1. The molecule has 1 atom stereocenters. The zero-order chi connectivity index (χ0) is 14.4. The zero-order valence-corrected chi connectivity index (χ0v) is 12.2. The van der Waals surface area contributed by atoms with Crippen LogP contribution in [0.1, 0.15) is 31.9 Å². The van der Waals surface area contributed by atoms with Crippen LogP contribution in [0.15, 0.2) is 18.2 Å². The van der Waals surface area contributed by atoms with Gasteiger partial charge >= 0.3 is 0 Å². The monoisotopic (exact) mass is 264 g/mol. The third kappa shape index (κ3) is 4.91. The van der Waals surface area contributed by atoms with Crippen molar-refractivity contribution in [2.24, 2.45) is 11.7 Å². The van der Waals surface area contributed by atoms with E-state index in [9.17, 15) is 4.79 Å². The van der Waals surface area contributed by atoms with Gasteiger partial charge in [0.25, 0.3) is 5.91 Å². The van der Waals surface area contributed by atoms with Crippen molar-refractivity contribution in [1.82, 2.24) is 5.32 Å². The van der Waals surface area contributed by atoms with Crippen LogP contribution in [0.4, 0.5) is 0 Å². The Kier molecular flexibility index (Phi) is 5.83. The second-order valence-electron chi connectivity index (χ2n) is 5.25. The molecule has 0 aliphatic heterocycles. The molecule has 1 aromatic rings. The molecule has 0 aliphatic rings. The van der Waals surface area contributed by atoms with Crippen LogP contribution in [0.2, 0.25) is 0 Å². The maximum Gasteiger partial charge on any atom is 0.258 e. The SMILES string of the molecule is Cc1cccc(CNCC(C)C)c1OC(C)C(N)=O. The summed E-state index contributed by atoms with van der Waals surface area (Å²) in [5.41, 5.74) is 7.31. The van der Waals surface area contributed by atoms with Crippen molar-refractivity contribution in [3.63, 3.8) is 0 Å². The van der Waals surface area contributed by atoms with E-state index in [1.54, 1.807) is 6.92 Å². The molecule has 19 heavy (non-hydrogen) atoms. The highest BCUT2D eigenvalue weighted by atomic mass is 16.5. The standard InChI is InChI=1S/C15H24N2O2/c1-10(2)8-17-9-13-7-5-6-11(3)14(13)19-12(4)15(16)18/h5-7,10,12,17H,8-9H2,1-4H3,(H2,16,18). The van der Waals surface area contributed by atoms with Crippen LogP contribution in [0.25, 0.3) is 0 Å². The van der Waals surface area contributed by atoms with E-state index in [1.807, 2.05) is 25.1 Å². The van der Waals surface area contributed by atoms with Gasteiger partial charge in [-0.15, -0.1) is 0 Å². The number of para-hydroxylation sites is 1. The van der Waals surface area contributed by atoms with Crippen molar-refractivity contribution in [2.45, 2.75) is 40.3 Å². The van der Waals surface area contributed by atoms with Crippen LogP contribution in [0, 0.1) is 12.8 Å². The first-order valence-electron chi connectivity index (χ1n) is 6.67. The molecule has 1 unspecified atom stereocenters. The van der Waals surface area contributed by atoms with Gasteiger partial charge < -0.3 is 15.8 Å². The molecule has 0 saturated heterocycles. The third-order valence-corrected chi connectivity index (χ3v) is 2.86. The summed E-state index contributed by atoms with van der Waals surface area (Å²) >= 11 is 0. The fraction of sp³-hybridized carbons (Fsp3) is 0.533. The predicted octanol–water partition coefficient (Wildman–Crippen LogP) is 1.99. The highest BCUT2D eigenvalue weighted by molar-refractivity contribution is 5.78. The van der Waals surface area contributed by atoms with E-state index >= 15 is 0 Å². The molecule has 3 N–H and O–H groups in total. The Morgan fingerprint density at radius 1 is 1.37 bits per heavy atom. The topological polar surface area (TPSA) is 64.3 Å². The molecule has 0 fully saturated rings. The summed E-state index contributed by atoms with van der Waals surface area (Å²) in [5, 5.41) is 3.38. The second kappa shape index (κ2) is 7.14. The number of nitrogens with one attached hydrogen (secondary N) is 1.